The molecule has 21 heavy (non-hydrogen) atoms. The molecule has 1 N–H and O–H groups in total. The smallest absolute Gasteiger partial charge is 0.224 e. The van der Waals surface area contributed by atoms with Gasteiger partial charge < -0.3 is 5.32 Å². The summed E-state index contributed by atoms with van der Waals surface area (Å²) in [6.07, 6.45) is 5.57. The Morgan fingerprint density at radius 2 is 2.14 bits per heavy atom. The maximum absolute atomic E-state index is 11.8. The minimum absolute atomic E-state index is 0.0214. The second kappa shape index (κ2) is 6.27. The number of carbonyl (C=O) groups excluding carboxylic acids is 1. The van der Waals surface area contributed by atoms with Gasteiger partial charge >= 0.3 is 0 Å². The van der Waals surface area contributed by atoms with E-state index in [-0.39, 0.29) is 5.91 Å². The molecule has 3 heterocycles. The van der Waals surface area contributed by atoms with Crippen LogP contribution in [0.1, 0.15) is 11.3 Å². The van der Waals surface area contributed by atoms with Crippen LogP contribution in [0, 0.1) is 0 Å². The Morgan fingerprint density at radius 1 is 1.29 bits per heavy atom. The van der Waals surface area contributed by atoms with Crippen LogP contribution in [0.3, 0.4) is 0 Å². The minimum Gasteiger partial charge on any atom is -0.350 e. The molecule has 0 aliphatic heterocycles. The second-order valence-corrected chi connectivity index (χ2v) is 5.22. The van der Waals surface area contributed by atoms with Crippen LogP contribution in [0.5, 0.6) is 0 Å². The molecule has 3 aromatic heterocycles. The largest absolute Gasteiger partial charge is 0.350 e. The maximum Gasteiger partial charge on any atom is 0.224 e. The standard InChI is InChI=1S/C14H13N5OS/c20-14(7-11-3-6-21-10-11)16-8-12-9-19(18-17-12)13-1-4-15-5-2-13/h1-6,9-10H,7-8H2,(H,16,20). The summed E-state index contributed by atoms with van der Waals surface area (Å²) < 4.78 is 1.65. The summed E-state index contributed by atoms with van der Waals surface area (Å²) in [6, 6.07) is 5.63. The van der Waals surface area contributed by atoms with E-state index in [9.17, 15) is 4.79 Å². The molecular formula is C14H13N5OS. The molecule has 7 heteroatoms. The maximum atomic E-state index is 11.8. The van der Waals surface area contributed by atoms with E-state index in [1.165, 1.54) is 0 Å². The number of thiophene rings is 1. The molecule has 0 fully saturated rings. The predicted molar refractivity (Wildman–Crippen MR) is 79.0 cm³/mol. The van der Waals surface area contributed by atoms with Crippen LogP contribution in [0.2, 0.25) is 0 Å². The third-order valence-corrected chi connectivity index (χ3v) is 3.61. The third-order valence-electron chi connectivity index (χ3n) is 2.88. The lowest BCUT2D eigenvalue weighted by atomic mass is 10.2. The summed E-state index contributed by atoms with van der Waals surface area (Å²) in [7, 11) is 0. The zero-order valence-corrected chi connectivity index (χ0v) is 12.0. The lowest BCUT2D eigenvalue weighted by molar-refractivity contribution is -0.120. The fraction of sp³-hybridized carbons (Fsp3) is 0.143. The fourth-order valence-electron chi connectivity index (χ4n) is 1.83. The average Bonchev–Trinajstić information content (AvgIpc) is 3.17. The summed E-state index contributed by atoms with van der Waals surface area (Å²) in [5, 5.41) is 14.8. The summed E-state index contributed by atoms with van der Waals surface area (Å²) in [5.74, 6) is -0.0214. The Labute approximate surface area is 125 Å². The molecule has 0 bridgehead atoms. The van der Waals surface area contributed by atoms with E-state index >= 15 is 0 Å². The molecule has 0 saturated carbocycles. The van der Waals surface area contributed by atoms with Gasteiger partial charge in [-0.3, -0.25) is 9.78 Å². The van der Waals surface area contributed by atoms with E-state index < -0.39 is 0 Å². The van der Waals surface area contributed by atoms with Gasteiger partial charge in [0.1, 0.15) is 5.69 Å². The number of nitrogens with zero attached hydrogens (tertiary/aromatic N) is 4. The number of pyridine rings is 1. The van der Waals surface area contributed by atoms with Gasteiger partial charge in [-0.05, 0) is 34.5 Å². The monoisotopic (exact) mass is 299 g/mol. The highest BCUT2D eigenvalue weighted by molar-refractivity contribution is 7.07. The van der Waals surface area contributed by atoms with E-state index in [1.807, 2.05) is 29.0 Å². The van der Waals surface area contributed by atoms with Crippen LogP contribution in [-0.2, 0) is 17.8 Å². The average molecular weight is 299 g/mol. The van der Waals surface area contributed by atoms with Gasteiger partial charge in [-0.1, -0.05) is 5.21 Å². The van der Waals surface area contributed by atoms with E-state index in [4.69, 9.17) is 0 Å². The molecule has 0 aromatic carbocycles. The van der Waals surface area contributed by atoms with Crippen molar-refractivity contribution in [3.05, 3.63) is 58.8 Å². The quantitative estimate of drug-likeness (QED) is 0.776. The number of hydrogen-bond donors (Lipinski definition) is 1. The first-order chi connectivity index (χ1) is 10.3. The van der Waals surface area contributed by atoms with Gasteiger partial charge in [0, 0.05) is 12.4 Å². The van der Waals surface area contributed by atoms with Gasteiger partial charge in [-0.2, -0.15) is 11.3 Å². The topological polar surface area (TPSA) is 72.7 Å². The normalized spacial score (nSPS) is 10.5. The summed E-state index contributed by atoms with van der Waals surface area (Å²) in [5.41, 5.74) is 2.62. The van der Waals surface area contributed by atoms with Crippen molar-refractivity contribution >= 4 is 17.2 Å². The van der Waals surface area contributed by atoms with Crippen LogP contribution in [0.15, 0.2) is 47.5 Å². The summed E-state index contributed by atoms with van der Waals surface area (Å²) in [6.45, 7) is 0.369. The van der Waals surface area contributed by atoms with Crippen molar-refractivity contribution < 1.29 is 4.79 Å². The Morgan fingerprint density at radius 3 is 2.90 bits per heavy atom. The van der Waals surface area contributed by atoms with Gasteiger partial charge in [-0.25, -0.2) is 4.68 Å². The van der Waals surface area contributed by atoms with Crippen LogP contribution in [-0.4, -0.2) is 25.9 Å². The Kier molecular flexibility index (Phi) is 4.02. The first-order valence-corrected chi connectivity index (χ1v) is 7.35. The number of rotatable bonds is 5. The second-order valence-electron chi connectivity index (χ2n) is 4.44. The van der Waals surface area contributed by atoms with E-state index in [0.717, 1.165) is 11.3 Å². The molecule has 0 unspecified atom stereocenters. The summed E-state index contributed by atoms with van der Waals surface area (Å²) >= 11 is 1.59. The molecule has 0 atom stereocenters. The molecule has 0 aliphatic rings. The molecule has 6 nitrogen and oxygen atoms in total. The highest BCUT2D eigenvalue weighted by atomic mass is 32.1. The molecule has 0 saturated heterocycles. The van der Waals surface area contributed by atoms with E-state index in [2.05, 4.69) is 20.6 Å². The predicted octanol–water partition coefficient (Wildman–Crippen LogP) is 1.58. The van der Waals surface area contributed by atoms with Gasteiger partial charge in [-0.15, -0.1) is 5.10 Å². The molecule has 0 spiro atoms. The fourth-order valence-corrected chi connectivity index (χ4v) is 2.50. The Hall–Kier alpha value is -2.54. The number of carbonyl (C=O) groups is 1. The lowest BCUT2D eigenvalue weighted by Crippen LogP contribution is -2.24. The van der Waals surface area contributed by atoms with E-state index in [1.54, 1.807) is 34.6 Å². The van der Waals surface area contributed by atoms with E-state index in [0.29, 0.717) is 18.7 Å². The van der Waals surface area contributed by atoms with Gasteiger partial charge in [0.05, 0.1) is 24.8 Å². The molecule has 106 valence electrons. The Bertz CT molecular complexity index is 708. The van der Waals surface area contributed by atoms with Crippen molar-refractivity contribution in [3.8, 4) is 5.69 Å². The molecule has 3 rings (SSSR count). The molecule has 1 amide bonds. The van der Waals surface area contributed by atoms with Crippen LogP contribution in [0.4, 0.5) is 0 Å². The molecule has 0 aliphatic carbocycles. The number of amides is 1. The van der Waals surface area contributed by atoms with Crippen LogP contribution in [0.25, 0.3) is 5.69 Å². The molecular weight excluding hydrogens is 286 g/mol. The first-order valence-electron chi connectivity index (χ1n) is 6.40. The van der Waals surface area contributed by atoms with Crippen molar-refractivity contribution in [2.75, 3.05) is 0 Å². The van der Waals surface area contributed by atoms with Crippen molar-refractivity contribution in [3.63, 3.8) is 0 Å². The zero-order chi connectivity index (χ0) is 14.5. The zero-order valence-electron chi connectivity index (χ0n) is 11.1. The van der Waals surface area contributed by atoms with Gasteiger partial charge in [0.2, 0.25) is 5.91 Å². The molecule has 3 aromatic rings. The van der Waals surface area contributed by atoms with Crippen molar-refractivity contribution in [2.45, 2.75) is 13.0 Å². The number of nitrogens with one attached hydrogen (secondary N) is 1. The van der Waals surface area contributed by atoms with Gasteiger partial charge in [0.15, 0.2) is 0 Å². The number of hydrogen-bond acceptors (Lipinski definition) is 5. The van der Waals surface area contributed by atoms with Crippen molar-refractivity contribution in [2.24, 2.45) is 0 Å². The van der Waals surface area contributed by atoms with Crippen LogP contribution < -0.4 is 5.32 Å². The summed E-state index contributed by atoms with van der Waals surface area (Å²) in [4.78, 5) is 15.7. The number of aromatic nitrogens is 4. The third kappa shape index (κ3) is 3.51. The Balaban J connectivity index is 1.56. The van der Waals surface area contributed by atoms with Crippen LogP contribution >= 0.6 is 11.3 Å². The SMILES string of the molecule is O=C(Cc1ccsc1)NCc1cn(-c2ccncc2)nn1. The highest BCUT2D eigenvalue weighted by Gasteiger charge is 2.06. The lowest BCUT2D eigenvalue weighted by Gasteiger charge is -2.01. The molecule has 0 radical (unpaired) electrons. The minimum atomic E-state index is -0.0214. The van der Waals surface area contributed by atoms with Gasteiger partial charge in [0.25, 0.3) is 0 Å². The highest BCUT2D eigenvalue weighted by Crippen LogP contribution is 2.07. The first kappa shape index (κ1) is 13.4. The van der Waals surface area contributed by atoms with Crippen molar-refractivity contribution in [1.29, 1.82) is 0 Å². The van der Waals surface area contributed by atoms with Crippen molar-refractivity contribution in [1.82, 2.24) is 25.3 Å².